The fraction of sp³-hybridized carbons (Fsp3) is 0. The molecule has 0 spiro atoms. The van der Waals surface area contributed by atoms with Crippen LogP contribution < -0.4 is 5.32 Å². The third kappa shape index (κ3) is 1.79. The second-order valence-electron chi connectivity index (χ2n) is 2.06. The van der Waals surface area contributed by atoms with E-state index in [0.717, 1.165) is 0 Å². The topological polar surface area (TPSA) is 85.5 Å². The van der Waals surface area contributed by atoms with Crippen molar-refractivity contribution in [3.8, 4) is 5.75 Å². The monoisotopic (exact) mass is 165 g/mol. The highest BCUT2D eigenvalue weighted by molar-refractivity contribution is 5.90. The number of phenols is 1. The molecule has 62 valence electrons. The first-order valence-corrected chi connectivity index (χ1v) is 3.20. The third-order valence-corrected chi connectivity index (χ3v) is 1.25. The van der Waals surface area contributed by atoms with Crippen molar-refractivity contribution < 1.29 is 9.90 Å². The Morgan fingerprint density at radius 2 is 2.17 bits per heavy atom. The van der Waals surface area contributed by atoms with Gasteiger partial charge in [-0.25, -0.2) is 4.79 Å². The molecule has 1 aromatic carbocycles. The Labute approximate surface area is 68.5 Å². The van der Waals surface area contributed by atoms with E-state index in [1.165, 1.54) is 12.1 Å². The first-order valence-electron chi connectivity index (χ1n) is 3.20. The lowest BCUT2D eigenvalue weighted by Crippen LogP contribution is -2.04. The normalized spacial score (nSPS) is 9.00. The number of nitrogens with zero attached hydrogens (tertiary/aromatic N) is 1. The van der Waals surface area contributed by atoms with Crippen LogP contribution in [0.5, 0.6) is 5.75 Å². The van der Waals surface area contributed by atoms with Crippen LogP contribution in [0, 0.1) is 5.53 Å². The maximum atomic E-state index is 10.6. The Kier molecular flexibility index (Phi) is 2.37. The van der Waals surface area contributed by atoms with Crippen LogP contribution >= 0.6 is 0 Å². The molecule has 12 heavy (non-hydrogen) atoms. The molecule has 0 saturated heterocycles. The molecule has 0 aliphatic carbocycles. The molecule has 5 heteroatoms. The molecule has 3 N–H and O–H groups in total. The fourth-order valence-corrected chi connectivity index (χ4v) is 0.722. The molecule has 2 amide bonds. The Morgan fingerprint density at radius 1 is 1.50 bits per heavy atom. The zero-order valence-electron chi connectivity index (χ0n) is 6.11. The zero-order valence-corrected chi connectivity index (χ0v) is 6.11. The molecule has 0 fully saturated rings. The fourth-order valence-electron chi connectivity index (χ4n) is 0.722. The molecule has 1 rings (SSSR count). The highest BCUT2D eigenvalue weighted by atomic mass is 16.3. The second kappa shape index (κ2) is 3.47. The number of carbonyl (C=O) groups excluding carboxylic acids is 1. The van der Waals surface area contributed by atoms with E-state index in [0.29, 0.717) is 0 Å². The van der Waals surface area contributed by atoms with Gasteiger partial charge in [-0.1, -0.05) is 17.2 Å². The quantitative estimate of drug-likeness (QED) is 0.438. The van der Waals surface area contributed by atoms with Gasteiger partial charge in [-0.3, -0.25) is 0 Å². The van der Waals surface area contributed by atoms with Crippen LogP contribution in [0.15, 0.2) is 29.4 Å². The Bertz CT molecular complexity index is 311. The average molecular weight is 165 g/mol. The van der Waals surface area contributed by atoms with Crippen molar-refractivity contribution in [2.45, 2.75) is 0 Å². The van der Waals surface area contributed by atoms with E-state index < -0.39 is 6.03 Å². The van der Waals surface area contributed by atoms with E-state index in [9.17, 15) is 4.79 Å². The standard InChI is InChI=1S/C7H7N3O2/c8-10-7(12)9-5-3-1-2-4-6(5)11/h1-4,8,11H,(H,9,12). The minimum absolute atomic E-state index is 0.0468. The summed E-state index contributed by atoms with van der Waals surface area (Å²) in [5.41, 5.74) is 6.61. The van der Waals surface area contributed by atoms with Gasteiger partial charge in [0.25, 0.3) is 0 Å². The molecular weight excluding hydrogens is 158 g/mol. The summed E-state index contributed by atoms with van der Waals surface area (Å²) in [5.74, 6) is -0.0468. The van der Waals surface area contributed by atoms with Crippen molar-refractivity contribution >= 4 is 11.7 Å². The van der Waals surface area contributed by atoms with Crippen molar-refractivity contribution in [1.29, 1.82) is 5.53 Å². The number of hydrogen-bond donors (Lipinski definition) is 3. The molecule has 0 atom stereocenters. The van der Waals surface area contributed by atoms with E-state index in [1.807, 2.05) is 0 Å². The van der Waals surface area contributed by atoms with Crippen molar-refractivity contribution in [2.24, 2.45) is 5.11 Å². The molecule has 1 aromatic rings. The lowest BCUT2D eigenvalue weighted by molar-refractivity contribution is 0.257. The van der Waals surface area contributed by atoms with Crippen LogP contribution in [0.25, 0.3) is 0 Å². The van der Waals surface area contributed by atoms with Gasteiger partial charge in [0.05, 0.1) is 5.69 Å². The van der Waals surface area contributed by atoms with E-state index in [-0.39, 0.29) is 11.4 Å². The molecule has 0 aromatic heterocycles. The summed E-state index contributed by atoms with van der Waals surface area (Å²) in [4.78, 5) is 10.6. The van der Waals surface area contributed by atoms with Gasteiger partial charge in [-0.15, -0.1) is 0 Å². The smallest absolute Gasteiger partial charge is 0.363 e. The van der Waals surface area contributed by atoms with Gasteiger partial charge in [0.1, 0.15) is 5.75 Å². The SMILES string of the molecule is N=NC(=O)Nc1ccccc1O. The van der Waals surface area contributed by atoms with E-state index >= 15 is 0 Å². The van der Waals surface area contributed by atoms with Crippen LogP contribution in [0.3, 0.4) is 0 Å². The molecular formula is C7H7N3O2. The second-order valence-corrected chi connectivity index (χ2v) is 2.06. The Balaban J connectivity index is 2.82. The average Bonchev–Trinajstić information content (AvgIpc) is 2.09. The Morgan fingerprint density at radius 3 is 2.75 bits per heavy atom. The predicted molar refractivity (Wildman–Crippen MR) is 42.3 cm³/mol. The summed E-state index contributed by atoms with van der Waals surface area (Å²) in [6.45, 7) is 0. The van der Waals surface area contributed by atoms with Gasteiger partial charge < -0.3 is 10.4 Å². The lowest BCUT2D eigenvalue weighted by atomic mass is 10.3. The maximum Gasteiger partial charge on any atom is 0.363 e. The number of benzene rings is 1. The van der Waals surface area contributed by atoms with Crippen molar-refractivity contribution in [3.63, 3.8) is 0 Å². The molecule has 0 aliphatic heterocycles. The number of para-hydroxylation sites is 2. The number of aromatic hydroxyl groups is 1. The summed E-state index contributed by atoms with van der Waals surface area (Å²) >= 11 is 0. The number of rotatable bonds is 1. The first kappa shape index (κ1) is 8.19. The number of urea groups is 1. The molecule has 0 heterocycles. The molecule has 0 unspecified atom stereocenters. The number of phenolic OH excluding ortho intramolecular Hbond substituents is 1. The van der Waals surface area contributed by atoms with Crippen LogP contribution in [-0.2, 0) is 0 Å². The summed E-state index contributed by atoms with van der Waals surface area (Å²) in [5, 5.41) is 14.0. The first-order chi connectivity index (χ1) is 5.74. The van der Waals surface area contributed by atoms with Gasteiger partial charge in [0.2, 0.25) is 0 Å². The predicted octanol–water partition coefficient (Wildman–Crippen LogP) is 1.96. The van der Waals surface area contributed by atoms with Gasteiger partial charge in [-0.05, 0) is 12.1 Å². The maximum absolute atomic E-state index is 10.6. The summed E-state index contributed by atoms with van der Waals surface area (Å²) in [6, 6.07) is 5.41. The van der Waals surface area contributed by atoms with Crippen LogP contribution in [0.2, 0.25) is 0 Å². The van der Waals surface area contributed by atoms with Gasteiger partial charge in [0, 0.05) is 0 Å². The molecule has 5 nitrogen and oxygen atoms in total. The van der Waals surface area contributed by atoms with Crippen LogP contribution in [0.4, 0.5) is 10.5 Å². The minimum Gasteiger partial charge on any atom is -0.506 e. The summed E-state index contributed by atoms with van der Waals surface area (Å²) in [6.07, 6.45) is 0. The highest BCUT2D eigenvalue weighted by Gasteiger charge is 2.02. The van der Waals surface area contributed by atoms with Gasteiger partial charge in [0.15, 0.2) is 0 Å². The van der Waals surface area contributed by atoms with E-state index in [4.69, 9.17) is 10.6 Å². The van der Waals surface area contributed by atoms with Crippen molar-refractivity contribution in [1.82, 2.24) is 0 Å². The van der Waals surface area contributed by atoms with Gasteiger partial charge >= 0.3 is 6.03 Å². The number of nitrogens with one attached hydrogen (secondary N) is 2. The number of anilines is 1. The molecule has 0 aliphatic rings. The third-order valence-electron chi connectivity index (χ3n) is 1.25. The van der Waals surface area contributed by atoms with E-state index in [2.05, 4.69) is 10.4 Å². The number of hydrogen-bond acceptors (Lipinski definition) is 3. The summed E-state index contributed by atoms with van der Waals surface area (Å²) in [7, 11) is 0. The van der Waals surface area contributed by atoms with Crippen LogP contribution in [0.1, 0.15) is 0 Å². The molecule has 0 radical (unpaired) electrons. The van der Waals surface area contributed by atoms with E-state index in [1.54, 1.807) is 12.1 Å². The molecule has 0 saturated carbocycles. The number of amides is 2. The lowest BCUT2D eigenvalue weighted by Gasteiger charge is -2.01. The zero-order chi connectivity index (χ0) is 8.97. The largest absolute Gasteiger partial charge is 0.506 e. The molecule has 0 bridgehead atoms. The van der Waals surface area contributed by atoms with Crippen molar-refractivity contribution in [3.05, 3.63) is 24.3 Å². The van der Waals surface area contributed by atoms with Crippen LogP contribution in [-0.4, -0.2) is 11.1 Å². The summed E-state index contributed by atoms with van der Waals surface area (Å²) < 4.78 is 0. The highest BCUT2D eigenvalue weighted by Crippen LogP contribution is 2.21. The number of carbonyl (C=O) groups is 1. The Hall–Kier alpha value is -1.91. The van der Waals surface area contributed by atoms with Gasteiger partial charge in [-0.2, -0.15) is 5.53 Å². The van der Waals surface area contributed by atoms with Crippen molar-refractivity contribution in [2.75, 3.05) is 5.32 Å². The minimum atomic E-state index is -0.809.